The molecule has 5 heteroatoms. The molecule has 86 valence electrons. The molecule has 0 radical (unpaired) electrons. The van der Waals surface area contributed by atoms with Crippen molar-refractivity contribution in [2.75, 3.05) is 0 Å². The molecule has 1 heterocycles. The van der Waals surface area contributed by atoms with E-state index in [2.05, 4.69) is 15.5 Å². The molecule has 0 saturated carbocycles. The van der Waals surface area contributed by atoms with Crippen LogP contribution in [0.15, 0.2) is 47.8 Å². The van der Waals surface area contributed by atoms with Crippen LogP contribution in [0.25, 0.3) is 0 Å². The Balaban J connectivity index is 1.97. The van der Waals surface area contributed by atoms with Gasteiger partial charge in [0.25, 0.3) is 5.91 Å². The van der Waals surface area contributed by atoms with Crippen LogP contribution in [0.3, 0.4) is 0 Å². The summed E-state index contributed by atoms with van der Waals surface area (Å²) in [5.74, 6) is 0.439. The third-order valence-electron chi connectivity index (χ3n) is 2.24. The molecule has 17 heavy (non-hydrogen) atoms. The summed E-state index contributed by atoms with van der Waals surface area (Å²) in [6.45, 7) is 0. The summed E-state index contributed by atoms with van der Waals surface area (Å²) >= 11 is 0. The minimum Gasteiger partial charge on any atom is -0.333 e. The van der Waals surface area contributed by atoms with Crippen LogP contribution >= 0.6 is 0 Å². The molecule has 0 aliphatic carbocycles. The predicted molar refractivity (Wildman–Crippen MR) is 64.7 cm³/mol. The van der Waals surface area contributed by atoms with Crippen molar-refractivity contribution in [1.82, 2.24) is 15.0 Å². The summed E-state index contributed by atoms with van der Waals surface area (Å²) in [5, 5.41) is 3.84. The standard InChI is InChI=1S/C12H12N4O/c1-16-8-7-13-11(16)9-14-15-12(17)10-5-3-2-4-6-10/h2-9H,1H3,(H,15,17). The molecule has 0 spiro atoms. The van der Waals surface area contributed by atoms with Crippen molar-refractivity contribution in [2.45, 2.75) is 0 Å². The molecule has 0 fully saturated rings. The minimum atomic E-state index is -0.240. The maximum absolute atomic E-state index is 11.6. The molecule has 0 saturated heterocycles. The van der Waals surface area contributed by atoms with E-state index < -0.39 is 0 Å². The summed E-state index contributed by atoms with van der Waals surface area (Å²) in [5.41, 5.74) is 3.02. The SMILES string of the molecule is Cn1ccnc1C=NNC(=O)c1ccccc1. The van der Waals surface area contributed by atoms with Gasteiger partial charge >= 0.3 is 0 Å². The number of rotatable bonds is 3. The van der Waals surface area contributed by atoms with Gasteiger partial charge in [0.1, 0.15) is 0 Å². The molecule has 0 atom stereocenters. The monoisotopic (exact) mass is 228 g/mol. The van der Waals surface area contributed by atoms with E-state index >= 15 is 0 Å². The van der Waals surface area contributed by atoms with E-state index in [1.165, 1.54) is 6.21 Å². The van der Waals surface area contributed by atoms with Crippen molar-refractivity contribution >= 4 is 12.1 Å². The first-order valence-electron chi connectivity index (χ1n) is 5.13. The van der Waals surface area contributed by atoms with Gasteiger partial charge in [-0.15, -0.1) is 0 Å². The van der Waals surface area contributed by atoms with Crippen LogP contribution in [0.1, 0.15) is 16.2 Å². The lowest BCUT2D eigenvalue weighted by molar-refractivity contribution is 0.0955. The zero-order valence-electron chi connectivity index (χ0n) is 9.37. The lowest BCUT2D eigenvalue weighted by atomic mass is 10.2. The molecule has 0 aliphatic heterocycles. The van der Waals surface area contributed by atoms with Gasteiger partial charge in [-0.05, 0) is 12.1 Å². The normalized spacial score (nSPS) is 10.6. The number of carbonyl (C=O) groups is 1. The molecule has 0 bridgehead atoms. The number of aryl methyl sites for hydroxylation is 1. The van der Waals surface area contributed by atoms with Crippen molar-refractivity contribution in [2.24, 2.45) is 12.1 Å². The first-order chi connectivity index (χ1) is 8.27. The fraction of sp³-hybridized carbons (Fsp3) is 0.0833. The Morgan fingerprint density at radius 2 is 2.18 bits per heavy atom. The maximum atomic E-state index is 11.6. The smallest absolute Gasteiger partial charge is 0.271 e. The molecule has 1 aromatic heterocycles. The quantitative estimate of drug-likeness (QED) is 0.633. The number of hydrogen-bond donors (Lipinski definition) is 1. The second kappa shape index (κ2) is 5.07. The van der Waals surface area contributed by atoms with Crippen LogP contribution in [0.4, 0.5) is 0 Å². The molecule has 0 unspecified atom stereocenters. The van der Waals surface area contributed by atoms with Gasteiger partial charge in [0.2, 0.25) is 0 Å². The molecule has 1 N–H and O–H groups in total. The largest absolute Gasteiger partial charge is 0.333 e. The lowest BCUT2D eigenvalue weighted by Crippen LogP contribution is -2.17. The summed E-state index contributed by atoms with van der Waals surface area (Å²) in [6, 6.07) is 8.92. The van der Waals surface area contributed by atoms with Crippen LogP contribution in [0.5, 0.6) is 0 Å². The van der Waals surface area contributed by atoms with Gasteiger partial charge in [-0.1, -0.05) is 18.2 Å². The fourth-order valence-electron chi connectivity index (χ4n) is 1.30. The molecule has 2 rings (SSSR count). The van der Waals surface area contributed by atoms with Gasteiger partial charge in [0, 0.05) is 25.0 Å². The number of imidazole rings is 1. The number of nitrogens with one attached hydrogen (secondary N) is 1. The van der Waals surface area contributed by atoms with Gasteiger partial charge < -0.3 is 4.57 Å². The van der Waals surface area contributed by atoms with Gasteiger partial charge in [-0.3, -0.25) is 4.79 Å². The maximum Gasteiger partial charge on any atom is 0.271 e. The number of aromatic nitrogens is 2. The van der Waals surface area contributed by atoms with Crippen LogP contribution in [0, 0.1) is 0 Å². The Labute approximate surface area is 98.8 Å². The van der Waals surface area contributed by atoms with E-state index in [0.29, 0.717) is 11.4 Å². The van der Waals surface area contributed by atoms with E-state index in [4.69, 9.17) is 0 Å². The van der Waals surface area contributed by atoms with E-state index in [-0.39, 0.29) is 5.91 Å². The third kappa shape index (κ3) is 2.78. The van der Waals surface area contributed by atoms with E-state index in [1.807, 2.05) is 13.1 Å². The average molecular weight is 228 g/mol. The van der Waals surface area contributed by atoms with E-state index in [9.17, 15) is 4.79 Å². The van der Waals surface area contributed by atoms with Gasteiger partial charge in [0.15, 0.2) is 5.82 Å². The number of amides is 1. The second-order valence-corrected chi connectivity index (χ2v) is 3.46. The molecule has 5 nitrogen and oxygen atoms in total. The van der Waals surface area contributed by atoms with Crippen LogP contribution < -0.4 is 5.43 Å². The van der Waals surface area contributed by atoms with E-state index in [0.717, 1.165) is 0 Å². The molecular formula is C12H12N4O. The minimum absolute atomic E-state index is 0.240. The zero-order valence-corrected chi connectivity index (χ0v) is 9.37. The number of carbonyl (C=O) groups excluding carboxylic acids is 1. The fourth-order valence-corrected chi connectivity index (χ4v) is 1.30. The highest BCUT2D eigenvalue weighted by Crippen LogP contribution is 1.97. The summed E-state index contributed by atoms with van der Waals surface area (Å²) < 4.78 is 1.80. The van der Waals surface area contributed by atoms with Gasteiger partial charge in [-0.25, -0.2) is 10.4 Å². The highest BCUT2D eigenvalue weighted by Gasteiger charge is 2.01. The van der Waals surface area contributed by atoms with Crippen molar-refractivity contribution < 1.29 is 4.79 Å². The van der Waals surface area contributed by atoms with E-state index in [1.54, 1.807) is 41.2 Å². The Bertz CT molecular complexity index is 530. The van der Waals surface area contributed by atoms with Crippen LogP contribution in [-0.2, 0) is 7.05 Å². The Morgan fingerprint density at radius 1 is 1.41 bits per heavy atom. The topological polar surface area (TPSA) is 59.3 Å². The number of nitrogens with zero attached hydrogens (tertiary/aromatic N) is 3. The Morgan fingerprint density at radius 3 is 2.82 bits per heavy atom. The highest BCUT2D eigenvalue weighted by molar-refractivity contribution is 5.94. The van der Waals surface area contributed by atoms with Gasteiger partial charge in [-0.2, -0.15) is 5.10 Å². The van der Waals surface area contributed by atoms with Crippen molar-refractivity contribution in [3.8, 4) is 0 Å². The molecule has 2 aromatic rings. The first-order valence-corrected chi connectivity index (χ1v) is 5.13. The Hall–Kier alpha value is -2.43. The lowest BCUT2D eigenvalue weighted by Gasteiger charge is -1.98. The summed E-state index contributed by atoms with van der Waals surface area (Å²) in [7, 11) is 1.85. The zero-order chi connectivity index (χ0) is 12.1. The van der Waals surface area contributed by atoms with Crippen molar-refractivity contribution in [1.29, 1.82) is 0 Å². The van der Waals surface area contributed by atoms with Crippen LogP contribution in [-0.4, -0.2) is 21.7 Å². The number of hydrazone groups is 1. The summed E-state index contributed by atoms with van der Waals surface area (Å²) in [4.78, 5) is 15.7. The third-order valence-corrected chi connectivity index (χ3v) is 2.24. The molecule has 0 aliphatic rings. The second-order valence-electron chi connectivity index (χ2n) is 3.46. The molecule has 1 amide bonds. The number of benzene rings is 1. The van der Waals surface area contributed by atoms with Gasteiger partial charge in [0.05, 0.1) is 6.21 Å². The molecular weight excluding hydrogens is 216 g/mol. The predicted octanol–water partition coefficient (Wildman–Crippen LogP) is 1.18. The number of hydrogen-bond acceptors (Lipinski definition) is 3. The van der Waals surface area contributed by atoms with Crippen molar-refractivity contribution in [3.05, 3.63) is 54.1 Å². The van der Waals surface area contributed by atoms with Crippen LogP contribution in [0.2, 0.25) is 0 Å². The summed E-state index contributed by atoms with van der Waals surface area (Å²) in [6.07, 6.45) is 4.97. The molecule has 1 aromatic carbocycles. The first kappa shape index (κ1) is 11.1. The Kier molecular flexibility index (Phi) is 3.30. The average Bonchev–Trinajstić information content (AvgIpc) is 2.76. The highest BCUT2D eigenvalue weighted by atomic mass is 16.2. The van der Waals surface area contributed by atoms with Crippen molar-refractivity contribution in [3.63, 3.8) is 0 Å².